The molecule has 0 radical (unpaired) electrons. The first-order valence-corrected chi connectivity index (χ1v) is 11.8. The number of amides is 2. The van der Waals surface area contributed by atoms with E-state index >= 15 is 0 Å². The number of benzene rings is 3. The molecule has 0 bridgehead atoms. The van der Waals surface area contributed by atoms with E-state index in [-0.39, 0.29) is 17.2 Å². The molecule has 6 nitrogen and oxygen atoms in total. The number of carboxylic acid groups (broad SMARTS) is 1. The van der Waals surface area contributed by atoms with E-state index in [1.165, 1.54) is 18.7 Å². The number of thioether (sulfide) groups is 1. The van der Waals surface area contributed by atoms with Crippen molar-refractivity contribution in [2.75, 3.05) is 16.0 Å². The van der Waals surface area contributed by atoms with Gasteiger partial charge in [-0.05, 0) is 67.3 Å². The van der Waals surface area contributed by atoms with E-state index in [9.17, 15) is 14.4 Å². The van der Waals surface area contributed by atoms with Crippen LogP contribution >= 0.6 is 11.8 Å². The molecule has 0 fully saturated rings. The second-order valence-electron chi connectivity index (χ2n) is 7.92. The molecule has 2 N–H and O–H groups in total. The summed E-state index contributed by atoms with van der Waals surface area (Å²) in [4.78, 5) is 38.9. The van der Waals surface area contributed by atoms with Crippen molar-refractivity contribution in [3.8, 4) is 0 Å². The van der Waals surface area contributed by atoms with Crippen molar-refractivity contribution in [3.63, 3.8) is 0 Å². The number of aryl methyl sites for hydroxylation is 2. The van der Waals surface area contributed by atoms with Crippen LogP contribution in [0.15, 0.2) is 89.3 Å². The van der Waals surface area contributed by atoms with Gasteiger partial charge in [0.2, 0.25) is 11.8 Å². The molecule has 1 aliphatic rings. The Labute approximate surface area is 202 Å². The molecule has 0 spiro atoms. The third-order valence-corrected chi connectivity index (χ3v) is 6.54. The van der Waals surface area contributed by atoms with Crippen LogP contribution in [0.25, 0.3) is 0 Å². The monoisotopic (exact) mass is 472 g/mol. The van der Waals surface area contributed by atoms with Gasteiger partial charge in [0, 0.05) is 22.2 Å². The van der Waals surface area contributed by atoms with Crippen molar-refractivity contribution in [1.29, 1.82) is 0 Å². The second kappa shape index (κ2) is 10.4. The Kier molecular flexibility index (Phi) is 7.13. The highest BCUT2D eigenvalue weighted by atomic mass is 32.2. The average Bonchev–Trinajstić information content (AvgIpc) is 3.00. The number of rotatable bonds is 6. The number of para-hydroxylation sites is 2. The first kappa shape index (κ1) is 23.3. The highest BCUT2D eigenvalue weighted by molar-refractivity contribution is 8.00. The number of hydrogen-bond donors (Lipinski definition) is 2. The molecule has 0 aromatic heterocycles. The van der Waals surface area contributed by atoms with Gasteiger partial charge in [0.05, 0.1) is 17.1 Å². The van der Waals surface area contributed by atoms with Gasteiger partial charge < -0.3 is 10.4 Å². The van der Waals surface area contributed by atoms with Crippen LogP contribution in [-0.2, 0) is 27.2 Å². The fourth-order valence-electron chi connectivity index (χ4n) is 3.83. The number of carbonyl (C=O) groups excluding carboxylic acids is 2. The molecule has 0 saturated heterocycles. The van der Waals surface area contributed by atoms with Gasteiger partial charge in [-0.2, -0.15) is 0 Å². The molecule has 34 heavy (non-hydrogen) atoms. The topological polar surface area (TPSA) is 86.7 Å². The van der Waals surface area contributed by atoms with Crippen molar-refractivity contribution in [3.05, 3.63) is 95.6 Å². The molecule has 0 aliphatic carbocycles. The van der Waals surface area contributed by atoms with Gasteiger partial charge in [0.25, 0.3) is 0 Å². The number of anilines is 3. The van der Waals surface area contributed by atoms with Crippen LogP contribution < -0.4 is 10.2 Å². The molecule has 0 saturated carbocycles. The Morgan fingerprint density at radius 1 is 0.912 bits per heavy atom. The van der Waals surface area contributed by atoms with Gasteiger partial charge in [0.15, 0.2) is 0 Å². The predicted octanol–water partition coefficient (Wildman–Crippen LogP) is 5.21. The summed E-state index contributed by atoms with van der Waals surface area (Å²) < 4.78 is 0. The number of aliphatic carboxylic acids is 1. The van der Waals surface area contributed by atoms with Crippen LogP contribution in [0, 0.1) is 0 Å². The minimum Gasteiger partial charge on any atom is -0.478 e. The summed E-state index contributed by atoms with van der Waals surface area (Å²) in [5, 5.41) is 11.5. The molecule has 2 amide bonds. The summed E-state index contributed by atoms with van der Waals surface area (Å²) in [6, 6.07) is 23.2. The molecule has 4 rings (SSSR count). The lowest BCUT2D eigenvalue weighted by Crippen LogP contribution is -2.28. The van der Waals surface area contributed by atoms with Gasteiger partial charge in [-0.15, -0.1) is 11.8 Å². The van der Waals surface area contributed by atoms with Crippen molar-refractivity contribution in [2.45, 2.75) is 24.7 Å². The average molecular weight is 473 g/mol. The zero-order chi connectivity index (χ0) is 24.1. The third-order valence-electron chi connectivity index (χ3n) is 5.55. The molecule has 1 heterocycles. The molecular formula is C27H24N2O4S. The van der Waals surface area contributed by atoms with Crippen LogP contribution in [0.2, 0.25) is 0 Å². The van der Waals surface area contributed by atoms with Gasteiger partial charge in [0.1, 0.15) is 0 Å². The smallest absolute Gasteiger partial charge is 0.331 e. The number of fused-ring (bicyclic) bond motifs is 2. The van der Waals surface area contributed by atoms with Crippen molar-refractivity contribution >= 4 is 46.6 Å². The van der Waals surface area contributed by atoms with Gasteiger partial charge in [-0.3, -0.25) is 14.5 Å². The standard InChI is InChI=1S/C27H24N2O4S/c1-18(27(32)33)16-25(30)28-21-12-14-22(15-13-21)34-17-26(31)29-23-8-4-2-6-19(23)10-11-20-7-3-5-9-24(20)29/h2-9,12-16H,10-11,17H2,1H3,(H,28,30)(H,32,33). The normalized spacial score (nSPS) is 12.9. The number of hydrogen-bond acceptors (Lipinski definition) is 4. The van der Waals surface area contributed by atoms with Gasteiger partial charge in [-0.25, -0.2) is 4.79 Å². The van der Waals surface area contributed by atoms with Crippen molar-refractivity contribution < 1.29 is 19.5 Å². The largest absolute Gasteiger partial charge is 0.478 e. The molecule has 0 unspecified atom stereocenters. The summed E-state index contributed by atoms with van der Waals surface area (Å²) in [6.07, 6.45) is 2.82. The summed E-state index contributed by atoms with van der Waals surface area (Å²) in [5.74, 6) is -1.39. The predicted molar refractivity (Wildman–Crippen MR) is 135 cm³/mol. The first-order chi connectivity index (χ1) is 16.4. The Bertz CT molecular complexity index is 1220. The van der Waals surface area contributed by atoms with Crippen molar-refractivity contribution in [2.24, 2.45) is 0 Å². The Morgan fingerprint density at radius 2 is 1.47 bits per heavy atom. The van der Waals surface area contributed by atoms with Crippen molar-refractivity contribution in [1.82, 2.24) is 0 Å². The van der Waals surface area contributed by atoms with Crippen LogP contribution in [0.3, 0.4) is 0 Å². The van der Waals surface area contributed by atoms with E-state index in [4.69, 9.17) is 5.11 Å². The quantitative estimate of drug-likeness (QED) is 0.380. The van der Waals surface area contributed by atoms with Crippen LogP contribution in [0.4, 0.5) is 17.1 Å². The zero-order valence-corrected chi connectivity index (χ0v) is 19.5. The molecule has 172 valence electrons. The number of nitrogens with one attached hydrogen (secondary N) is 1. The number of carbonyl (C=O) groups is 3. The highest BCUT2D eigenvalue weighted by Gasteiger charge is 2.25. The maximum atomic E-state index is 13.4. The first-order valence-electron chi connectivity index (χ1n) is 10.9. The van der Waals surface area contributed by atoms with E-state index in [0.717, 1.165) is 46.3 Å². The van der Waals surface area contributed by atoms with Crippen LogP contribution in [0.5, 0.6) is 0 Å². The summed E-state index contributed by atoms with van der Waals surface area (Å²) in [6.45, 7) is 1.36. The lowest BCUT2D eigenvalue weighted by molar-refractivity contribution is -0.132. The van der Waals surface area contributed by atoms with Gasteiger partial charge >= 0.3 is 5.97 Å². The maximum Gasteiger partial charge on any atom is 0.331 e. The lowest BCUT2D eigenvalue weighted by atomic mass is 10.0. The molecule has 3 aromatic rings. The summed E-state index contributed by atoms with van der Waals surface area (Å²) >= 11 is 1.43. The van der Waals surface area contributed by atoms with Crippen LogP contribution in [0.1, 0.15) is 18.1 Å². The Balaban J connectivity index is 1.46. The second-order valence-corrected chi connectivity index (χ2v) is 8.97. The summed E-state index contributed by atoms with van der Waals surface area (Å²) in [5.41, 5.74) is 4.68. The highest BCUT2D eigenvalue weighted by Crippen LogP contribution is 2.36. The molecule has 1 aliphatic heterocycles. The van der Waals surface area contributed by atoms with E-state index in [0.29, 0.717) is 5.69 Å². The van der Waals surface area contributed by atoms with E-state index in [2.05, 4.69) is 17.4 Å². The fourth-order valence-corrected chi connectivity index (χ4v) is 4.58. The summed E-state index contributed by atoms with van der Waals surface area (Å²) in [7, 11) is 0. The van der Waals surface area contributed by atoms with E-state index < -0.39 is 11.9 Å². The van der Waals surface area contributed by atoms with E-state index in [1.807, 2.05) is 53.4 Å². The zero-order valence-electron chi connectivity index (χ0n) is 18.7. The lowest BCUT2D eigenvalue weighted by Gasteiger charge is -2.25. The number of carboxylic acids is 1. The third kappa shape index (κ3) is 5.38. The minimum absolute atomic E-state index is 0.00142. The number of nitrogens with zero attached hydrogens (tertiary/aromatic N) is 1. The molecule has 0 atom stereocenters. The van der Waals surface area contributed by atoms with E-state index in [1.54, 1.807) is 12.1 Å². The fraction of sp³-hybridized carbons (Fsp3) is 0.148. The molecule has 3 aromatic carbocycles. The SMILES string of the molecule is CC(=CC(=O)Nc1ccc(SCC(=O)N2c3ccccc3CCc3ccccc32)cc1)C(=O)O. The Hall–Kier alpha value is -3.84. The van der Waals surface area contributed by atoms with Gasteiger partial charge in [-0.1, -0.05) is 36.4 Å². The molecular weight excluding hydrogens is 448 g/mol. The molecule has 7 heteroatoms. The minimum atomic E-state index is -1.14. The Morgan fingerprint density at radius 3 is 2.03 bits per heavy atom. The van der Waals surface area contributed by atoms with Crippen LogP contribution in [-0.4, -0.2) is 28.6 Å². The maximum absolute atomic E-state index is 13.4.